The number of carbonyl (C=O) groups excluding carboxylic acids is 4. The van der Waals surface area contributed by atoms with E-state index < -0.39 is 11.8 Å². The zero-order valence-electron chi connectivity index (χ0n) is 17.5. The Morgan fingerprint density at radius 2 is 1.90 bits per heavy atom. The summed E-state index contributed by atoms with van der Waals surface area (Å²) in [5.74, 6) is -1.44. The average molecular weight is 415 g/mol. The molecule has 1 aromatic rings. The largest absolute Gasteiger partial charge is 0.364 e. The number of hydrogen-bond acceptors (Lipinski definition) is 5. The van der Waals surface area contributed by atoms with Crippen molar-refractivity contribution >= 4 is 23.6 Å². The molecular weight excluding hydrogens is 386 g/mol. The Labute approximate surface area is 176 Å². The number of nitrogens with zero attached hydrogens (tertiary/aromatic N) is 3. The van der Waals surface area contributed by atoms with Crippen LogP contribution in [0.1, 0.15) is 60.5 Å². The molecule has 162 valence electrons. The van der Waals surface area contributed by atoms with E-state index in [4.69, 9.17) is 5.73 Å². The van der Waals surface area contributed by atoms with Crippen molar-refractivity contribution in [1.82, 2.24) is 20.1 Å². The molecule has 2 fully saturated rings. The Bertz CT molecular complexity index is 840. The topological polar surface area (TPSA) is 126 Å². The molecule has 3 heterocycles. The van der Waals surface area contributed by atoms with Gasteiger partial charge in [-0.2, -0.15) is 0 Å². The second-order valence-corrected chi connectivity index (χ2v) is 8.26. The van der Waals surface area contributed by atoms with Crippen LogP contribution in [-0.4, -0.2) is 70.1 Å². The third kappa shape index (κ3) is 4.95. The van der Waals surface area contributed by atoms with Crippen LogP contribution >= 0.6 is 0 Å². The number of nitrogens with two attached hydrogens (primary N) is 1. The maximum Gasteiger partial charge on any atom is 0.270 e. The number of rotatable bonds is 5. The van der Waals surface area contributed by atoms with E-state index >= 15 is 0 Å². The van der Waals surface area contributed by atoms with Crippen LogP contribution in [0.4, 0.5) is 0 Å². The number of pyridine rings is 1. The third-order valence-corrected chi connectivity index (χ3v) is 5.68. The fourth-order valence-corrected chi connectivity index (χ4v) is 4.07. The summed E-state index contributed by atoms with van der Waals surface area (Å²) in [4.78, 5) is 56.7. The first kappa shape index (κ1) is 21.7. The van der Waals surface area contributed by atoms with Gasteiger partial charge in [-0.15, -0.1) is 0 Å². The van der Waals surface area contributed by atoms with Crippen molar-refractivity contribution in [2.75, 3.05) is 19.6 Å². The monoisotopic (exact) mass is 415 g/mol. The summed E-state index contributed by atoms with van der Waals surface area (Å²) in [7, 11) is 0. The molecule has 2 aliphatic rings. The summed E-state index contributed by atoms with van der Waals surface area (Å²) in [6.45, 7) is 5.36. The van der Waals surface area contributed by atoms with E-state index in [1.54, 1.807) is 15.9 Å². The summed E-state index contributed by atoms with van der Waals surface area (Å²) in [6, 6.07) is 4.39. The van der Waals surface area contributed by atoms with Gasteiger partial charge in [0.1, 0.15) is 11.4 Å². The summed E-state index contributed by atoms with van der Waals surface area (Å²) in [6.07, 6.45) is 2.72. The lowest BCUT2D eigenvalue weighted by Crippen LogP contribution is -2.47. The lowest BCUT2D eigenvalue weighted by atomic mass is 10.1. The average Bonchev–Trinajstić information content (AvgIpc) is 2.96. The van der Waals surface area contributed by atoms with Crippen molar-refractivity contribution in [3.8, 4) is 0 Å². The summed E-state index contributed by atoms with van der Waals surface area (Å²) in [5.41, 5.74) is 5.37. The molecule has 2 aliphatic heterocycles. The van der Waals surface area contributed by atoms with E-state index in [-0.39, 0.29) is 47.6 Å². The predicted molar refractivity (Wildman–Crippen MR) is 109 cm³/mol. The van der Waals surface area contributed by atoms with Crippen LogP contribution in [0.15, 0.2) is 18.2 Å². The van der Waals surface area contributed by atoms with Crippen LogP contribution in [0, 0.1) is 5.92 Å². The van der Waals surface area contributed by atoms with Crippen molar-refractivity contribution < 1.29 is 19.2 Å². The summed E-state index contributed by atoms with van der Waals surface area (Å²) >= 11 is 0. The number of amides is 4. The van der Waals surface area contributed by atoms with E-state index in [2.05, 4.69) is 10.3 Å². The summed E-state index contributed by atoms with van der Waals surface area (Å²) < 4.78 is 0. The minimum Gasteiger partial charge on any atom is -0.364 e. The zero-order chi connectivity index (χ0) is 21.8. The lowest BCUT2D eigenvalue weighted by molar-refractivity contribution is -0.136. The van der Waals surface area contributed by atoms with Gasteiger partial charge in [-0.1, -0.05) is 6.07 Å². The molecule has 2 unspecified atom stereocenters. The molecule has 0 aromatic carbocycles. The minimum absolute atomic E-state index is 0.0171. The van der Waals surface area contributed by atoms with Crippen LogP contribution in [0.2, 0.25) is 0 Å². The predicted octanol–water partition coefficient (Wildman–Crippen LogP) is 0.548. The highest BCUT2D eigenvalue weighted by molar-refractivity contribution is 5.95. The number of hydrogen-bond donors (Lipinski definition) is 2. The second kappa shape index (κ2) is 9.23. The van der Waals surface area contributed by atoms with Gasteiger partial charge in [0.15, 0.2) is 0 Å². The molecule has 30 heavy (non-hydrogen) atoms. The highest BCUT2D eigenvalue weighted by Crippen LogP contribution is 2.23. The molecule has 0 saturated carbocycles. The first-order valence-electron chi connectivity index (χ1n) is 10.4. The Balaban J connectivity index is 1.64. The number of carbonyl (C=O) groups is 4. The maximum atomic E-state index is 13.1. The first-order chi connectivity index (χ1) is 14.3. The Kier molecular flexibility index (Phi) is 6.69. The Morgan fingerprint density at radius 1 is 1.17 bits per heavy atom. The van der Waals surface area contributed by atoms with Gasteiger partial charge in [-0.05, 0) is 45.2 Å². The standard InChI is InChI=1S/C21H29N5O4/c1-13(2)26-11-14(10-18(26)27)21(30)25-9-4-3-6-15(12-25)23-20(29)17-8-5-7-16(24-17)19(22)28/h5,7-8,13-15H,3-4,6,9-12H2,1-2H3,(H2,22,28)(H,23,29). The molecular formula is C21H29N5O4. The van der Waals surface area contributed by atoms with Crippen molar-refractivity contribution in [2.45, 2.75) is 51.6 Å². The Morgan fingerprint density at radius 3 is 2.57 bits per heavy atom. The molecule has 1 aromatic heterocycles. The Hall–Kier alpha value is -2.97. The fraction of sp³-hybridized carbons (Fsp3) is 0.571. The molecule has 3 rings (SSSR count). The number of aromatic nitrogens is 1. The second-order valence-electron chi connectivity index (χ2n) is 8.26. The molecule has 0 bridgehead atoms. The maximum absolute atomic E-state index is 13.1. The van der Waals surface area contributed by atoms with Gasteiger partial charge >= 0.3 is 0 Å². The van der Waals surface area contributed by atoms with Crippen LogP contribution in [-0.2, 0) is 9.59 Å². The molecule has 3 N–H and O–H groups in total. The fourth-order valence-electron chi connectivity index (χ4n) is 4.07. The smallest absolute Gasteiger partial charge is 0.270 e. The third-order valence-electron chi connectivity index (χ3n) is 5.68. The van der Waals surface area contributed by atoms with Gasteiger partial charge in [-0.3, -0.25) is 19.2 Å². The molecule has 9 nitrogen and oxygen atoms in total. The number of likely N-dealkylation sites (tertiary alicyclic amines) is 2. The molecule has 4 amide bonds. The van der Waals surface area contributed by atoms with E-state index in [1.807, 2.05) is 13.8 Å². The van der Waals surface area contributed by atoms with Crippen molar-refractivity contribution in [1.29, 1.82) is 0 Å². The number of primary amides is 1. The lowest BCUT2D eigenvalue weighted by Gasteiger charge is -2.28. The minimum atomic E-state index is -0.697. The van der Waals surface area contributed by atoms with Crippen molar-refractivity contribution in [3.63, 3.8) is 0 Å². The van der Waals surface area contributed by atoms with Gasteiger partial charge in [-0.25, -0.2) is 4.98 Å². The van der Waals surface area contributed by atoms with Crippen LogP contribution in [0.5, 0.6) is 0 Å². The highest BCUT2D eigenvalue weighted by atomic mass is 16.2. The van der Waals surface area contributed by atoms with Gasteiger partial charge in [0.2, 0.25) is 11.8 Å². The molecule has 0 spiro atoms. The van der Waals surface area contributed by atoms with Gasteiger partial charge < -0.3 is 20.9 Å². The van der Waals surface area contributed by atoms with Crippen molar-refractivity contribution in [3.05, 3.63) is 29.6 Å². The van der Waals surface area contributed by atoms with Gasteiger partial charge in [0, 0.05) is 38.1 Å². The van der Waals surface area contributed by atoms with Gasteiger partial charge in [0.25, 0.3) is 11.8 Å². The SMILES string of the molecule is CC(C)N1CC(C(=O)N2CCCCC(NC(=O)c3cccc(C(N)=O)n3)C2)CC1=O. The molecule has 0 radical (unpaired) electrons. The zero-order valence-corrected chi connectivity index (χ0v) is 17.5. The first-order valence-corrected chi connectivity index (χ1v) is 10.4. The van der Waals surface area contributed by atoms with Crippen molar-refractivity contribution in [2.24, 2.45) is 11.7 Å². The number of nitrogens with one attached hydrogen (secondary N) is 1. The van der Waals surface area contributed by atoms with Crippen LogP contribution in [0.3, 0.4) is 0 Å². The molecule has 9 heteroatoms. The quantitative estimate of drug-likeness (QED) is 0.726. The van der Waals surface area contributed by atoms with E-state index in [0.29, 0.717) is 19.6 Å². The van der Waals surface area contributed by atoms with Crippen LogP contribution in [0.25, 0.3) is 0 Å². The molecule has 2 atom stereocenters. The normalized spacial score (nSPS) is 22.2. The highest BCUT2D eigenvalue weighted by Gasteiger charge is 2.38. The van der Waals surface area contributed by atoms with E-state index in [1.165, 1.54) is 12.1 Å². The van der Waals surface area contributed by atoms with E-state index in [9.17, 15) is 19.2 Å². The molecule has 2 saturated heterocycles. The van der Waals surface area contributed by atoms with Crippen LogP contribution < -0.4 is 11.1 Å². The van der Waals surface area contributed by atoms with E-state index in [0.717, 1.165) is 19.3 Å². The molecule has 0 aliphatic carbocycles. The van der Waals surface area contributed by atoms with Gasteiger partial charge in [0.05, 0.1) is 5.92 Å². The summed E-state index contributed by atoms with van der Waals surface area (Å²) in [5, 5.41) is 2.93.